The summed E-state index contributed by atoms with van der Waals surface area (Å²) < 4.78 is 26.8. The van der Waals surface area contributed by atoms with Crippen LogP contribution in [0.3, 0.4) is 0 Å². The van der Waals surface area contributed by atoms with E-state index in [0.717, 1.165) is 24.1 Å². The van der Waals surface area contributed by atoms with Gasteiger partial charge in [0.2, 0.25) is 10.0 Å². The molecule has 0 bridgehead atoms. The molecule has 0 N–H and O–H groups in total. The molecule has 0 spiro atoms. The van der Waals surface area contributed by atoms with Crippen molar-refractivity contribution in [1.29, 1.82) is 0 Å². The maximum Gasteiger partial charge on any atom is 0.218 e. The lowest BCUT2D eigenvalue weighted by Gasteiger charge is -2.34. The second kappa shape index (κ2) is 9.26. The Bertz CT molecular complexity index is 830. The van der Waals surface area contributed by atoms with Gasteiger partial charge in [-0.15, -0.1) is 0 Å². The third kappa shape index (κ3) is 5.73. The molecule has 144 valence electrons. The number of Topliss-reactive ketones (excluding diaryl/α,β-unsaturated/α-hetero) is 1. The molecule has 0 saturated carbocycles. The topological polar surface area (TPSA) is 57.7 Å². The molecule has 2 aromatic carbocycles. The summed E-state index contributed by atoms with van der Waals surface area (Å²) in [7, 11) is -3.28. The minimum atomic E-state index is -3.28. The normalized spacial score (nSPS) is 16.3. The number of ketones is 1. The second-order valence-electron chi connectivity index (χ2n) is 6.88. The summed E-state index contributed by atoms with van der Waals surface area (Å²) in [4.78, 5) is 14.4. The van der Waals surface area contributed by atoms with Crippen LogP contribution in [0.15, 0.2) is 60.7 Å². The van der Waals surface area contributed by atoms with Crippen LogP contribution in [-0.4, -0.2) is 56.1 Å². The molecule has 5 nitrogen and oxygen atoms in total. The molecule has 6 heteroatoms. The average molecular weight is 387 g/mol. The van der Waals surface area contributed by atoms with Crippen molar-refractivity contribution in [3.8, 4) is 0 Å². The number of nitrogens with zero attached hydrogens (tertiary/aromatic N) is 2. The van der Waals surface area contributed by atoms with E-state index in [-0.39, 0.29) is 11.5 Å². The summed E-state index contributed by atoms with van der Waals surface area (Å²) >= 11 is 0. The smallest absolute Gasteiger partial charge is 0.218 e. The highest BCUT2D eigenvalue weighted by Crippen LogP contribution is 2.14. The van der Waals surface area contributed by atoms with E-state index in [2.05, 4.69) is 4.90 Å². The lowest BCUT2D eigenvalue weighted by atomic mass is 10.1. The Kier molecular flexibility index (Phi) is 6.77. The van der Waals surface area contributed by atoms with Crippen LogP contribution in [0, 0.1) is 0 Å². The van der Waals surface area contributed by atoms with E-state index < -0.39 is 10.0 Å². The highest BCUT2D eigenvalue weighted by Gasteiger charge is 2.26. The van der Waals surface area contributed by atoms with Gasteiger partial charge in [-0.3, -0.25) is 4.79 Å². The molecular formula is C21H26N2O3S. The van der Waals surface area contributed by atoms with Gasteiger partial charge >= 0.3 is 0 Å². The number of piperazine rings is 1. The minimum Gasteiger partial charge on any atom is -0.301 e. The van der Waals surface area contributed by atoms with Crippen molar-refractivity contribution >= 4 is 15.8 Å². The number of rotatable bonds is 8. The van der Waals surface area contributed by atoms with E-state index in [9.17, 15) is 13.2 Å². The molecule has 1 fully saturated rings. The van der Waals surface area contributed by atoms with Gasteiger partial charge in [0.25, 0.3) is 0 Å². The van der Waals surface area contributed by atoms with Crippen LogP contribution in [0.2, 0.25) is 0 Å². The number of hydrogen-bond donors (Lipinski definition) is 0. The van der Waals surface area contributed by atoms with Crippen molar-refractivity contribution < 1.29 is 13.2 Å². The fourth-order valence-electron chi connectivity index (χ4n) is 3.34. The first-order valence-corrected chi connectivity index (χ1v) is 11.0. The standard InChI is InChI=1S/C21H26N2O3S/c24-21(20-10-5-2-6-11-20)12-7-13-22-14-16-23(17-15-22)27(25,26)18-19-8-3-1-4-9-19/h1-6,8-11H,7,12-18H2. The SMILES string of the molecule is O=C(CCCN1CCN(S(=O)(=O)Cc2ccccc2)CC1)c1ccccc1. The molecule has 0 aliphatic carbocycles. The zero-order valence-electron chi connectivity index (χ0n) is 15.5. The molecule has 1 heterocycles. The fraction of sp³-hybridized carbons (Fsp3) is 0.381. The fourth-order valence-corrected chi connectivity index (χ4v) is 4.85. The highest BCUT2D eigenvalue weighted by molar-refractivity contribution is 7.88. The Morgan fingerprint density at radius 3 is 2.07 bits per heavy atom. The summed E-state index contributed by atoms with van der Waals surface area (Å²) in [6, 6.07) is 18.6. The van der Waals surface area contributed by atoms with Crippen LogP contribution >= 0.6 is 0 Å². The first-order chi connectivity index (χ1) is 13.0. The molecule has 3 rings (SSSR count). The molecular weight excluding hydrogens is 360 g/mol. The van der Waals surface area contributed by atoms with E-state index in [1.165, 1.54) is 0 Å². The summed E-state index contributed by atoms with van der Waals surface area (Å²) in [5, 5.41) is 0. The molecule has 1 saturated heterocycles. The number of sulfonamides is 1. The van der Waals surface area contributed by atoms with Crippen molar-refractivity contribution in [3.05, 3.63) is 71.8 Å². The lowest BCUT2D eigenvalue weighted by Crippen LogP contribution is -2.49. The number of hydrogen-bond acceptors (Lipinski definition) is 4. The van der Waals surface area contributed by atoms with Crippen LogP contribution in [-0.2, 0) is 15.8 Å². The van der Waals surface area contributed by atoms with E-state index >= 15 is 0 Å². The molecule has 27 heavy (non-hydrogen) atoms. The molecule has 0 radical (unpaired) electrons. The third-order valence-electron chi connectivity index (χ3n) is 4.89. The van der Waals surface area contributed by atoms with Gasteiger partial charge in [-0.25, -0.2) is 8.42 Å². The van der Waals surface area contributed by atoms with Crippen LogP contribution in [0.4, 0.5) is 0 Å². The predicted octanol–water partition coefficient (Wildman–Crippen LogP) is 2.80. The molecule has 1 aliphatic heterocycles. The van der Waals surface area contributed by atoms with Gasteiger partial charge in [0.05, 0.1) is 5.75 Å². The Labute approximate surface area is 161 Å². The average Bonchev–Trinajstić information content (AvgIpc) is 2.69. The zero-order valence-corrected chi connectivity index (χ0v) is 16.3. The molecule has 2 aromatic rings. The van der Waals surface area contributed by atoms with Crippen molar-refractivity contribution in [2.45, 2.75) is 18.6 Å². The van der Waals surface area contributed by atoms with Crippen molar-refractivity contribution in [1.82, 2.24) is 9.21 Å². The Morgan fingerprint density at radius 1 is 0.852 bits per heavy atom. The van der Waals surface area contributed by atoms with Crippen LogP contribution in [0.5, 0.6) is 0 Å². The number of carbonyl (C=O) groups is 1. The summed E-state index contributed by atoms with van der Waals surface area (Å²) in [6.45, 7) is 3.29. The summed E-state index contributed by atoms with van der Waals surface area (Å²) in [5.74, 6) is 0.221. The van der Waals surface area contributed by atoms with Gasteiger partial charge in [-0.2, -0.15) is 4.31 Å². The van der Waals surface area contributed by atoms with Gasteiger partial charge in [0, 0.05) is 38.2 Å². The maximum absolute atomic E-state index is 12.6. The molecule has 0 unspecified atom stereocenters. The summed E-state index contributed by atoms with van der Waals surface area (Å²) in [5.41, 5.74) is 1.58. The van der Waals surface area contributed by atoms with Gasteiger partial charge in [0.1, 0.15) is 0 Å². The highest BCUT2D eigenvalue weighted by atomic mass is 32.2. The van der Waals surface area contributed by atoms with Crippen molar-refractivity contribution in [2.24, 2.45) is 0 Å². The minimum absolute atomic E-state index is 0.0550. The zero-order chi connectivity index (χ0) is 19.1. The van der Waals surface area contributed by atoms with Gasteiger partial charge in [0.15, 0.2) is 5.78 Å². The van der Waals surface area contributed by atoms with Crippen LogP contribution < -0.4 is 0 Å². The summed E-state index contributed by atoms with van der Waals surface area (Å²) in [6.07, 6.45) is 1.32. The Morgan fingerprint density at radius 2 is 1.44 bits per heavy atom. The van der Waals surface area contributed by atoms with E-state index in [0.29, 0.717) is 32.6 Å². The van der Waals surface area contributed by atoms with Gasteiger partial charge in [-0.05, 0) is 18.5 Å². The van der Waals surface area contributed by atoms with E-state index in [1.54, 1.807) is 4.31 Å². The number of carbonyl (C=O) groups excluding carboxylic acids is 1. The van der Waals surface area contributed by atoms with Crippen LogP contribution in [0.1, 0.15) is 28.8 Å². The van der Waals surface area contributed by atoms with Gasteiger partial charge < -0.3 is 4.90 Å². The predicted molar refractivity (Wildman–Crippen MR) is 107 cm³/mol. The molecule has 0 aromatic heterocycles. The van der Waals surface area contributed by atoms with Gasteiger partial charge in [-0.1, -0.05) is 60.7 Å². The van der Waals surface area contributed by atoms with Crippen LogP contribution in [0.25, 0.3) is 0 Å². The monoisotopic (exact) mass is 386 g/mol. The molecule has 0 atom stereocenters. The maximum atomic E-state index is 12.6. The first kappa shape index (κ1) is 19.7. The largest absolute Gasteiger partial charge is 0.301 e. The van der Waals surface area contributed by atoms with E-state index in [1.807, 2.05) is 60.7 Å². The third-order valence-corrected chi connectivity index (χ3v) is 6.74. The van der Waals surface area contributed by atoms with E-state index in [4.69, 9.17) is 0 Å². The molecule has 1 aliphatic rings. The second-order valence-corrected chi connectivity index (χ2v) is 8.84. The lowest BCUT2D eigenvalue weighted by molar-refractivity contribution is 0.0971. The number of benzene rings is 2. The molecule has 0 amide bonds. The van der Waals surface area contributed by atoms with Crippen molar-refractivity contribution in [3.63, 3.8) is 0 Å². The Hall–Kier alpha value is -2.02. The first-order valence-electron chi connectivity index (χ1n) is 9.37. The quantitative estimate of drug-likeness (QED) is 0.655. The van der Waals surface area contributed by atoms with Crippen molar-refractivity contribution in [2.75, 3.05) is 32.7 Å². The Balaban J connectivity index is 1.41.